The number of allylic oxidation sites excluding steroid dienone is 2. The van der Waals surface area contributed by atoms with Crippen molar-refractivity contribution < 1.29 is 14.3 Å². The summed E-state index contributed by atoms with van der Waals surface area (Å²) < 4.78 is 7.44. The number of carbonyl (C=O) groups excluding carboxylic acids is 2. The lowest BCUT2D eigenvalue weighted by Gasteiger charge is -2.13. The summed E-state index contributed by atoms with van der Waals surface area (Å²) in [7, 11) is 0. The van der Waals surface area contributed by atoms with E-state index in [1.165, 1.54) is 0 Å². The van der Waals surface area contributed by atoms with E-state index in [0.717, 1.165) is 28.6 Å². The Labute approximate surface area is 163 Å². The van der Waals surface area contributed by atoms with Crippen LogP contribution in [0.1, 0.15) is 19.0 Å². The Hall–Kier alpha value is -3.15. The molecule has 2 aromatic rings. The first-order chi connectivity index (χ1) is 13.7. The molecule has 2 heterocycles. The summed E-state index contributed by atoms with van der Waals surface area (Å²) in [5, 5.41) is 5.36. The number of hydrogen-bond donors (Lipinski definition) is 0. The van der Waals surface area contributed by atoms with E-state index in [1.54, 1.807) is 6.21 Å². The number of amides is 2. The van der Waals surface area contributed by atoms with Crippen LogP contribution in [-0.2, 0) is 9.59 Å². The number of hydrogen-bond acceptors (Lipinski definition) is 4. The molecule has 1 saturated carbocycles. The lowest BCUT2D eigenvalue weighted by molar-refractivity contribution is -0.140. The van der Waals surface area contributed by atoms with Gasteiger partial charge in [0.05, 0.1) is 30.4 Å². The zero-order chi connectivity index (χ0) is 19.3. The van der Waals surface area contributed by atoms with Crippen LogP contribution in [-0.4, -0.2) is 34.2 Å². The minimum Gasteiger partial charge on any atom is -0.494 e. The van der Waals surface area contributed by atoms with E-state index >= 15 is 0 Å². The van der Waals surface area contributed by atoms with Gasteiger partial charge in [0, 0.05) is 11.9 Å². The number of aromatic nitrogens is 1. The van der Waals surface area contributed by atoms with Crippen LogP contribution in [0.2, 0.25) is 0 Å². The molecule has 6 heteroatoms. The molecule has 1 aromatic heterocycles. The van der Waals surface area contributed by atoms with Gasteiger partial charge in [-0.15, -0.1) is 0 Å². The van der Waals surface area contributed by atoms with Crippen LogP contribution < -0.4 is 4.74 Å². The summed E-state index contributed by atoms with van der Waals surface area (Å²) in [4.78, 5) is 25.5. The third-order valence-corrected chi connectivity index (χ3v) is 5.96. The summed E-state index contributed by atoms with van der Waals surface area (Å²) >= 11 is 0. The smallest absolute Gasteiger partial charge is 0.254 e. The number of imide groups is 1. The van der Waals surface area contributed by atoms with Crippen molar-refractivity contribution in [3.05, 3.63) is 60.4 Å². The van der Waals surface area contributed by atoms with Gasteiger partial charge in [-0.25, -0.2) is 0 Å². The Kier molecular flexibility index (Phi) is 3.93. The Morgan fingerprint density at radius 1 is 1.07 bits per heavy atom. The first-order valence-corrected chi connectivity index (χ1v) is 9.68. The molecule has 0 N–H and O–H groups in total. The van der Waals surface area contributed by atoms with Crippen LogP contribution in [0.5, 0.6) is 5.75 Å². The van der Waals surface area contributed by atoms with E-state index in [-0.39, 0.29) is 35.5 Å². The van der Waals surface area contributed by atoms with Crippen LogP contribution in [0.25, 0.3) is 5.69 Å². The molecule has 4 atom stereocenters. The standard InChI is InChI=1S/C22H21N3O3/c1-2-28-18-9-7-16(8-10-18)24-11-3-4-17(24)13-23-25-21(26)19-14-5-6-15(12-14)20(19)22(25)27/h3-11,13-15,19-20H,2,12H2,1H3. The number of ether oxygens (including phenoxy) is 1. The molecule has 1 aliphatic heterocycles. The van der Waals surface area contributed by atoms with Gasteiger partial charge < -0.3 is 9.30 Å². The second-order valence-electron chi connectivity index (χ2n) is 7.46. The number of nitrogens with zero attached hydrogens (tertiary/aromatic N) is 3. The quantitative estimate of drug-likeness (QED) is 0.458. The van der Waals surface area contributed by atoms with Gasteiger partial charge in [0.1, 0.15) is 5.75 Å². The zero-order valence-corrected chi connectivity index (χ0v) is 15.6. The highest BCUT2D eigenvalue weighted by molar-refractivity contribution is 6.06. The highest BCUT2D eigenvalue weighted by atomic mass is 16.5. The van der Waals surface area contributed by atoms with E-state index in [0.29, 0.717) is 6.61 Å². The average molecular weight is 375 g/mol. The van der Waals surface area contributed by atoms with Gasteiger partial charge in [0.15, 0.2) is 0 Å². The fourth-order valence-corrected chi connectivity index (χ4v) is 4.72. The first kappa shape index (κ1) is 17.0. The normalized spacial score (nSPS) is 28.0. The van der Waals surface area contributed by atoms with Gasteiger partial charge in [-0.1, -0.05) is 12.2 Å². The Balaban J connectivity index is 1.38. The predicted molar refractivity (Wildman–Crippen MR) is 104 cm³/mol. The lowest BCUT2D eigenvalue weighted by atomic mass is 9.85. The number of hydrazone groups is 1. The van der Waals surface area contributed by atoms with Crippen LogP contribution in [0, 0.1) is 23.7 Å². The summed E-state index contributed by atoms with van der Waals surface area (Å²) in [6.07, 6.45) is 8.60. The molecule has 0 radical (unpaired) electrons. The highest BCUT2D eigenvalue weighted by Gasteiger charge is 2.59. The van der Waals surface area contributed by atoms with Crippen LogP contribution in [0.3, 0.4) is 0 Å². The molecule has 142 valence electrons. The van der Waals surface area contributed by atoms with Crippen molar-refractivity contribution in [2.75, 3.05) is 6.61 Å². The number of benzene rings is 1. The third-order valence-electron chi connectivity index (χ3n) is 5.96. The van der Waals surface area contributed by atoms with Gasteiger partial charge in [-0.3, -0.25) is 9.59 Å². The lowest BCUT2D eigenvalue weighted by Crippen LogP contribution is -2.28. The molecule has 1 aromatic carbocycles. The Morgan fingerprint density at radius 2 is 1.75 bits per heavy atom. The van der Waals surface area contributed by atoms with E-state index in [9.17, 15) is 9.59 Å². The van der Waals surface area contributed by atoms with E-state index in [4.69, 9.17) is 4.74 Å². The Bertz CT molecular complexity index is 959. The molecular weight excluding hydrogens is 354 g/mol. The number of carbonyl (C=O) groups is 2. The van der Waals surface area contributed by atoms with Crippen molar-refractivity contribution in [2.45, 2.75) is 13.3 Å². The molecule has 0 spiro atoms. The third kappa shape index (κ3) is 2.52. The molecule has 6 nitrogen and oxygen atoms in total. The van der Waals surface area contributed by atoms with E-state index < -0.39 is 0 Å². The topological polar surface area (TPSA) is 63.9 Å². The molecule has 2 amide bonds. The summed E-state index contributed by atoms with van der Waals surface area (Å²) in [5.41, 5.74) is 1.75. The fraction of sp³-hybridized carbons (Fsp3) is 0.318. The van der Waals surface area contributed by atoms with Gasteiger partial charge in [-0.2, -0.15) is 10.1 Å². The molecule has 2 aliphatic carbocycles. The van der Waals surface area contributed by atoms with Gasteiger partial charge in [0.25, 0.3) is 11.8 Å². The maximum absolute atomic E-state index is 12.7. The molecule has 2 fully saturated rings. The SMILES string of the molecule is CCOc1ccc(-n2cccc2C=NN2C(=O)C3C4C=CC(C4)C3C2=O)cc1. The summed E-state index contributed by atoms with van der Waals surface area (Å²) in [6, 6.07) is 11.6. The first-order valence-electron chi connectivity index (χ1n) is 9.68. The van der Waals surface area contributed by atoms with Crippen molar-refractivity contribution in [3.8, 4) is 11.4 Å². The molecule has 4 unspecified atom stereocenters. The van der Waals surface area contributed by atoms with E-state index in [1.807, 2.05) is 54.1 Å². The second-order valence-corrected chi connectivity index (χ2v) is 7.46. The molecule has 5 rings (SSSR count). The number of rotatable bonds is 5. The second kappa shape index (κ2) is 6.48. The van der Waals surface area contributed by atoms with Crippen LogP contribution in [0.4, 0.5) is 0 Å². The zero-order valence-electron chi connectivity index (χ0n) is 15.6. The van der Waals surface area contributed by atoms with Crippen molar-refractivity contribution in [2.24, 2.45) is 28.8 Å². The van der Waals surface area contributed by atoms with Crippen LogP contribution in [0.15, 0.2) is 59.8 Å². The van der Waals surface area contributed by atoms with Crippen molar-refractivity contribution in [3.63, 3.8) is 0 Å². The molecule has 28 heavy (non-hydrogen) atoms. The average Bonchev–Trinajstić information content (AvgIpc) is 3.47. The number of fused-ring (bicyclic) bond motifs is 5. The Morgan fingerprint density at radius 3 is 2.39 bits per heavy atom. The highest BCUT2D eigenvalue weighted by Crippen LogP contribution is 2.52. The molecule has 3 aliphatic rings. The predicted octanol–water partition coefficient (Wildman–Crippen LogP) is 3.02. The maximum atomic E-state index is 12.7. The summed E-state index contributed by atoms with van der Waals surface area (Å²) in [6.45, 7) is 2.57. The minimum absolute atomic E-state index is 0.165. The maximum Gasteiger partial charge on any atom is 0.254 e. The van der Waals surface area contributed by atoms with Gasteiger partial charge in [0.2, 0.25) is 0 Å². The minimum atomic E-state index is -0.224. The molecule has 1 saturated heterocycles. The summed E-state index contributed by atoms with van der Waals surface area (Å²) in [5.74, 6) is 0.426. The fourth-order valence-electron chi connectivity index (χ4n) is 4.72. The van der Waals surface area contributed by atoms with Gasteiger partial charge in [-0.05, 0) is 61.6 Å². The van der Waals surface area contributed by atoms with Crippen molar-refractivity contribution >= 4 is 18.0 Å². The molecular formula is C22H21N3O3. The largest absolute Gasteiger partial charge is 0.494 e. The van der Waals surface area contributed by atoms with Crippen molar-refractivity contribution in [1.29, 1.82) is 0 Å². The van der Waals surface area contributed by atoms with Crippen LogP contribution >= 0.6 is 0 Å². The van der Waals surface area contributed by atoms with E-state index in [2.05, 4.69) is 17.3 Å². The van der Waals surface area contributed by atoms with Crippen molar-refractivity contribution in [1.82, 2.24) is 9.58 Å². The molecule has 2 bridgehead atoms. The monoisotopic (exact) mass is 375 g/mol. The van der Waals surface area contributed by atoms with Gasteiger partial charge >= 0.3 is 0 Å².